The largest absolute Gasteiger partial charge is 0.481 e. The van der Waals surface area contributed by atoms with Gasteiger partial charge in [0.2, 0.25) is 0 Å². The number of carbonyl (C=O) groups is 2. The SMILES string of the molecule is CC(O)CN(C)C(=O)NCCC(C)CCC(=O)O. The number of carboxylic acids is 1. The number of aliphatic carboxylic acids is 1. The van der Waals surface area contributed by atoms with Crippen molar-refractivity contribution in [3.8, 4) is 0 Å². The summed E-state index contributed by atoms with van der Waals surface area (Å²) in [6.45, 7) is 4.40. The summed E-state index contributed by atoms with van der Waals surface area (Å²) in [6, 6.07) is -0.221. The van der Waals surface area contributed by atoms with E-state index in [1.165, 1.54) is 4.90 Å². The lowest BCUT2D eigenvalue weighted by Crippen LogP contribution is -2.41. The first-order valence-electron chi connectivity index (χ1n) is 6.21. The van der Waals surface area contributed by atoms with Gasteiger partial charge < -0.3 is 20.4 Å². The molecule has 106 valence electrons. The minimum atomic E-state index is -0.789. The summed E-state index contributed by atoms with van der Waals surface area (Å²) in [7, 11) is 1.62. The minimum Gasteiger partial charge on any atom is -0.481 e. The predicted octanol–water partition coefficient (Wildman–Crippen LogP) is 0.900. The van der Waals surface area contributed by atoms with E-state index in [0.717, 1.165) is 6.42 Å². The van der Waals surface area contributed by atoms with Crippen LogP contribution < -0.4 is 5.32 Å². The van der Waals surface area contributed by atoms with Gasteiger partial charge in [0.25, 0.3) is 0 Å². The zero-order chi connectivity index (χ0) is 14.1. The summed E-state index contributed by atoms with van der Waals surface area (Å²) in [6.07, 6.45) is 0.989. The quantitative estimate of drug-likeness (QED) is 0.605. The maximum Gasteiger partial charge on any atom is 0.317 e. The Labute approximate surface area is 108 Å². The van der Waals surface area contributed by atoms with Crippen LogP contribution in [0.2, 0.25) is 0 Å². The van der Waals surface area contributed by atoms with E-state index in [1.807, 2.05) is 6.92 Å². The Morgan fingerprint density at radius 1 is 1.28 bits per heavy atom. The van der Waals surface area contributed by atoms with E-state index in [-0.39, 0.29) is 18.4 Å². The molecule has 0 aromatic heterocycles. The van der Waals surface area contributed by atoms with Gasteiger partial charge in [-0.1, -0.05) is 6.92 Å². The first-order valence-corrected chi connectivity index (χ1v) is 6.21. The Balaban J connectivity index is 3.70. The number of carbonyl (C=O) groups excluding carboxylic acids is 1. The number of carboxylic acid groups (broad SMARTS) is 1. The van der Waals surface area contributed by atoms with E-state index >= 15 is 0 Å². The molecule has 0 aliphatic heterocycles. The van der Waals surface area contributed by atoms with E-state index < -0.39 is 12.1 Å². The Kier molecular flexibility index (Phi) is 8.11. The van der Waals surface area contributed by atoms with Gasteiger partial charge in [0.1, 0.15) is 0 Å². The highest BCUT2D eigenvalue weighted by atomic mass is 16.4. The number of nitrogens with zero attached hydrogens (tertiary/aromatic N) is 1. The fourth-order valence-electron chi connectivity index (χ4n) is 1.55. The molecule has 2 unspecified atom stereocenters. The zero-order valence-corrected chi connectivity index (χ0v) is 11.3. The van der Waals surface area contributed by atoms with Gasteiger partial charge in [0.05, 0.1) is 6.10 Å². The molecule has 0 radical (unpaired) electrons. The molecule has 2 amide bonds. The number of nitrogens with one attached hydrogen (secondary N) is 1. The Morgan fingerprint density at radius 2 is 1.89 bits per heavy atom. The van der Waals surface area contributed by atoms with Gasteiger partial charge in [0, 0.05) is 26.6 Å². The van der Waals surface area contributed by atoms with E-state index in [2.05, 4.69) is 5.32 Å². The summed E-state index contributed by atoms with van der Waals surface area (Å²) in [4.78, 5) is 23.3. The fraction of sp³-hybridized carbons (Fsp3) is 0.833. The molecule has 0 saturated carbocycles. The van der Waals surface area contributed by atoms with Crippen LogP contribution in [0.5, 0.6) is 0 Å². The number of aliphatic hydroxyl groups excluding tert-OH is 1. The van der Waals surface area contributed by atoms with Gasteiger partial charge in [0.15, 0.2) is 0 Å². The predicted molar refractivity (Wildman–Crippen MR) is 68.4 cm³/mol. The van der Waals surface area contributed by atoms with Gasteiger partial charge in [-0.05, 0) is 25.7 Å². The highest BCUT2D eigenvalue weighted by Crippen LogP contribution is 2.09. The van der Waals surface area contributed by atoms with Crippen molar-refractivity contribution in [1.82, 2.24) is 10.2 Å². The van der Waals surface area contributed by atoms with Crippen LogP contribution in [0, 0.1) is 5.92 Å². The number of hydrogen-bond donors (Lipinski definition) is 3. The van der Waals surface area contributed by atoms with Crippen LogP contribution in [-0.4, -0.2) is 53.4 Å². The number of aliphatic hydroxyl groups is 1. The molecule has 0 heterocycles. The van der Waals surface area contributed by atoms with Crippen molar-refractivity contribution in [2.75, 3.05) is 20.1 Å². The van der Waals surface area contributed by atoms with Crippen LogP contribution in [0.3, 0.4) is 0 Å². The van der Waals surface area contributed by atoms with Crippen LogP contribution in [0.25, 0.3) is 0 Å². The topological polar surface area (TPSA) is 89.9 Å². The normalized spacial score (nSPS) is 13.8. The number of likely N-dealkylation sites (N-methyl/N-ethyl adjacent to an activating group) is 1. The zero-order valence-electron chi connectivity index (χ0n) is 11.3. The molecule has 0 bridgehead atoms. The molecule has 2 atom stereocenters. The minimum absolute atomic E-state index is 0.164. The number of urea groups is 1. The molecular weight excluding hydrogens is 236 g/mol. The lowest BCUT2D eigenvalue weighted by Gasteiger charge is -2.20. The van der Waals surface area contributed by atoms with Crippen molar-refractivity contribution in [3.63, 3.8) is 0 Å². The van der Waals surface area contributed by atoms with E-state index in [0.29, 0.717) is 19.5 Å². The molecule has 3 N–H and O–H groups in total. The summed E-state index contributed by atoms with van der Waals surface area (Å²) in [5, 5.41) is 20.4. The molecule has 0 rings (SSSR count). The Bertz CT molecular complexity index is 269. The van der Waals surface area contributed by atoms with Crippen molar-refractivity contribution >= 4 is 12.0 Å². The lowest BCUT2D eigenvalue weighted by atomic mass is 10.0. The summed E-state index contributed by atoms with van der Waals surface area (Å²) in [5.41, 5.74) is 0. The van der Waals surface area contributed by atoms with E-state index in [9.17, 15) is 9.59 Å². The van der Waals surface area contributed by atoms with Gasteiger partial charge in [-0.3, -0.25) is 4.79 Å². The molecule has 0 fully saturated rings. The van der Waals surface area contributed by atoms with Crippen molar-refractivity contribution in [1.29, 1.82) is 0 Å². The van der Waals surface area contributed by atoms with Crippen LogP contribution >= 0.6 is 0 Å². The molecule has 0 saturated heterocycles. The van der Waals surface area contributed by atoms with Crippen LogP contribution in [-0.2, 0) is 4.79 Å². The second-order valence-electron chi connectivity index (χ2n) is 4.79. The van der Waals surface area contributed by atoms with Gasteiger partial charge in [-0.2, -0.15) is 0 Å². The lowest BCUT2D eigenvalue weighted by molar-refractivity contribution is -0.137. The van der Waals surface area contributed by atoms with Crippen LogP contribution in [0.15, 0.2) is 0 Å². The molecule has 6 nitrogen and oxygen atoms in total. The van der Waals surface area contributed by atoms with Crippen molar-refractivity contribution in [3.05, 3.63) is 0 Å². The third-order valence-electron chi connectivity index (χ3n) is 2.65. The molecule has 0 aliphatic rings. The van der Waals surface area contributed by atoms with Gasteiger partial charge in [-0.25, -0.2) is 4.79 Å². The summed E-state index contributed by atoms with van der Waals surface area (Å²) < 4.78 is 0. The number of rotatable bonds is 8. The van der Waals surface area contributed by atoms with Crippen molar-refractivity contribution in [2.24, 2.45) is 5.92 Å². The third-order valence-corrected chi connectivity index (χ3v) is 2.65. The second kappa shape index (κ2) is 8.74. The van der Waals surface area contributed by atoms with Gasteiger partial charge in [-0.15, -0.1) is 0 Å². The van der Waals surface area contributed by atoms with E-state index in [4.69, 9.17) is 10.2 Å². The molecule has 0 aromatic rings. The van der Waals surface area contributed by atoms with E-state index in [1.54, 1.807) is 14.0 Å². The van der Waals surface area contributed by atoms with Crippen molar-refractivity contribution < 1.29 is 19.8 Å². The molecule has 18 heavy (non-hydrogen) atoms. The summed E-state index contributed by atoms with van der Waals surface area (Å²) in [5.74, 6) is -0.522. The van der Waals surface area contributed by atoms with Crippen molar-refractivity contribution in [2.45, 2.75) is 39.2 Å². The average molecular weight is 260 g/mol. The smallest absolute Gasteiger partial charge is 0.317 e. The van der Waals surface area contributed by atoms with Gasteiger partial charge >= 0.3 is 12.0 Å². The Hall–Kier alpha value is -1.30. The first-order chi connectivity index (χ1) is 8.32. The first kappa shape index (κ1) is 16.7. The highest BCUT2D eigenvalue weighted by molar-refractivity contribution is 5.73. The molecule has 6 heteroatoms. The number of hydrogen-bond acceptors (Lipinski definition) is 3. The standard InChI is InChI=1S/C12H24N2O4/c1-9(4-5-11(16)17)6-7-13-12(18)14(3)8-10(2)15/h9-10,15H,4-8H2,1-3H3,(H,13,18)(H,16,17). The monoisotopic (exact) mass is 260 g/mol. The van der Waals surface area contributed by atoms with Crippen LogP contribution in [0.4, 0.5) is 4.79 Å². The molecule has 0 spiro atoms. The van der Waals surface area contributed by atoms with Crippen LogP contribution in [0.1, 0.15) is 33.1 Å². The molecule has 0 aliphatic carbocycles. The second-order valence-corrected chi connectivity index (χ2v) is 4.79. The third kappa shape index (κ3) is 8.81. The molecule has 0 aromatic carbocycles. The number of amides is 2. The Morgan fingerprint density at radius 3 is 2.39 bits per heavy atom. The fourth-order valence-corrected chi connectivity index (χ4v) is 1.55. The summed E-state index contributed by atoms with van der Waals surface area (Å²) >= 11 is 0. The maximum atomic E-state index is 11.5. The molecular formula is C12H24N2O4. The highest BCUT2D eigenvalue weighted by Gasteiger charge is 2.11. The maximum absolute atomic E-state index is 11.5. The average Bonchev–Trinajstić information content (AvgIpc) is 2.25.